The Morgan fingerprint density at radius 1 is 1.23 bits per heavy atom. The molecule has 7 nitrogen and oxygen atoms in total. The van der Waals surface area contributed by atoms with Gasteiger partial charge in [0.15, 0.2) is 0 Å². The predicted octanol–water partition coefficient (Wildman–Crippen LogP) is 1.27. The fourth-order valence-electron chi connectivity index (χ4n) is 5.04. The number of para-hydroxylation sites is 1. The summed E-state index contributed by atoms with van der Waals surface area (Å²) in [6.07, 6.45) is 6.57. The Morgan fingerprint density at radius 3 is 2.90 bits per heavy atom. The maximum atomic E-state index is 12.4. The average molecular weight is 410 g/mol. The number of benzene rings is 1. The third-order valence-electron chi connectivity index (χ3n) is 6.83. The number of carbonyl (C=O) groups is 2. The molecule has 1 aromatic carbocycles. The molecule has 30 heavy (non-hydrogen) atoms. The van der Waals surface area contributed by atoms with E-state index in [1.54, 1.807) is 0 Å². The van der Waals surface area contributed by atoms with Gasteiger partial charge in [0.2, 0.25) is 11.8 Å². The van der Waals surface area contributed by atoms with Crippen LogP contribution in [0.4, 0.5) is 0 Å². The molecule has 2 aliphatic heterocycles. The van der Waals surface area contributed by atoms with Crippen molar-refractivity contribution < 1.29 is 9.59 Å². The van der Waals surface area contributed by atoms with Crippen LogP contribution in [0.1, 0.15) is 37.7 Å². The lowest BCUT2D eigenvalue weighted by Gasteiger charge is -2.37. The van der Waals surface area contributed by atoms with E-state index in [2.05, 4.69) is 62.9 Å². The van der Waals surface area contributed by atoms with E-state index in [0.29, 0.717) is 19.0 Å². The zero-order valence-corrected chi connectivity index (χ0v) is 17.6. The molecule has 3 fully saturated rings. The molecular weight excluding hydrogens is 378 g/mol. The largest absolute Gasteiger partial charge is 0.353 e. The van der Waals surface area contributed by atoms with Crippen LogP contribution in [0.2, 0.25) is 0 Å². The molecule has 0 spiro atoms. The van der Waals surface area contributed by atoms with E-state index in [4.69, 9.17) is 0 Å². The number of aromatic nitrogens is 1. The van der Waals surface area contributed by atoms with Crippen LogP contribution >= 0.6 is 0 Å². The normalized spacial score (nSPS) is 26.6. The van der Waals surface area contributed by atoms with Gasteiger partial charge in [0.05, 0.1) is 6.04 Å². The number of nitrogens with one attached hydrogen (secondary N) is 3. The van der Waals surface area contributed by atoms with Crippen molar-refractivity contribution in [3.63, 3.8) is 0 Å². The number of aryl methyl sites for hydroxylation is 1. The van der Waals surface area contributed by atoms with Gasteiger partial charge in [-0.2, -0.15) is 0 Å². The highest BCUT2D eigenvalue weighted by Crippen LogP contribution is 2.27. The zero-order chi connectivity index (χ0) is 20.7. The van der Waals surface area contributed by atoms with Crippen molar-refractivity contribution in [3.05, 3.63) is 36.0 Å². The van der Waals surface area contributed by atoms with E-state index in [1.165, 1.54) is 16.5 Å². The van der Waals surface area contributed by atoms with Crippen LogP contribution in [0.5, 0.6) is 0 Å². The SMILES string of the molecule is Cn1cc(CN[C@@H]2C[C@@H]3C(=O)NC[C@@H](CCC(=O)NC4CC4)N3C2)c2ccccc21. The van der Waals surface area contributed by atoms with E-state index in [1.807, 2.05) is 0 Å². The van der Waals surface area contributed by atoms with Gasteiger partial charge in [-0.1, -0.05) is 18.2 Å². The van der Waals surface area contributed by atoms with Crippen molar-refractivity contribution in [3.8, 4) is 0 Å². The number of hydrogen-bond acceptors (Lipinski definition) is 4. The first-order valence-corrected chi connectivity index (χ1v) is 11.2. The summed E-state index contributed by atoms with van der Waals surface area (Å²) >= 11 is 0. The molecule has 0 radical (unpaired) electrons. The maximum Gasteiger partial charge on any atom is 0.237 e. The monoisotopic (exact) mass is 409 g/mol. The van der Waals surface area contributed by atoms with Gasteiger partial charge < -0.3 is 20.5 Å². The molecule has 2 saturated heterocycles. The van der Waals surface area contributed by atoms with Crippen LogP contribution in [0.15, 0.2) is 30.5 Å². The molecule has 0 bridgehead atoms. The molecular formula is C23H31N5O2. The average Bonchev–Trinajstić information content (AvgIpc) is 3.34. The molecule has 3 atom stereocenters. The summed E-state index contributed by atoms with van der Waals surface area (Å²) in [5, 5.41) is 11.1. The number of amides is 2. The predicted molar refractivity (Wildman–Crippen MR) is 116 cm³/mol. The zero-order valence-electron chi connectivity index (χ0n) is 17.6. The van der Waals surface area contributed by atoms with Crippen molar-refractivity contribution in [2.24, 2.45) is 7.05 Å². The molecule has 160 valence electrons. The first-order valence-electron chi connectivity index (χ1n) is 11.2. The quantitative estimate of drug-likeness (QED) is 0.644. The first kappa shape index (κ1) is 19.6. The lowest BCUT2D eigenvalue weighted by atomic mass is 10.0. The van der Waals surface area contributed by atoms with Gasteiger partial charge >= 0.3 is 0 Å². The van der Waals surface area contributed by atoms with E-state index in [0.717, 1.165) is 38.8 Å². The summed E-state index contributed by atoms with van der Waals surface area (Å²) in [5.74, 6) is 0.277. The summed E-state index contributed by atoms with van der Waals surface area (Å²) in [6, 6.07) is 9.30. The molecule has 3 N–H and O–H groups in total. The summed E-state index contributed by atoms with van der Waals surface area (Å²) < 4.78 is 2.17. The van der Waals surface area contributed by atoms with Crippen LogP contribution in [-0.2, 0) is 23.2 Å². The topological polar surface area (TPSA) is 78.4 Å². The van der Waals surface area contributed by atoms with Gasteiger partial charge in [-0.25, -0.2) is 0 Å². The first-order chi connectivity index (χ1) is 14.6. The van der Waals surface area contributed by atoms with Crippen molar-refractivity contribution >= 4 is 22.7 Å². The second-order valence-corrected chi connectivity index (χ2v) is 9.09. The van der Waals surface area contributed by atoms with Gasteiger partial charge in [0, 0.05) is 68.3 Å². The van der Waals surface area contributed by atoms with E-state index < -0.39 is 0 Å². The Bertz CT molecular complexity index is 950. The van der Waals surface area contributed by atoms with Gasteiger partial charge in [0.1, 0.15) is 0 Å². The Kier molecular flexibility index (Phi) is 5.25. The Morgan fingerprint density at radius 2 is 2.07 bits per heavy atom. The highest BCUT2D eigenvalue weighted by atomic mass is 16.2. The van der Waals surface area contributed by atoms with Gasteiger partial charge in [-0.05, 0) is 37.3 Å². The number of fused-ring (bicyclic) bond motifs is 2. The van der Waals surface area contributed by atoms with Crippen molar-refractivity contribution in [1.82, 2.24) is 25.4 Å². The molecule has 5 rings (SSSR count). The molecule has 3 heterocycles. The van der Waals surface area contributed by atoms with Crippen LogP contribution in [0, 0.1) is 0 Å². The van der Waals surface area contributed by atoms with E-state index in [9.17, 15) is 9.59 Å². The van der Waals surface area contributed by atoms with Crippen molar-refractivity contribution in [2.75, 3.05) is 13.1 Å². The maximum absolute atomic E-state index is 12.4. The highest BCUT2D eigenvalue weighted by Gasteiger charge is 2.43. The van der Waals surface area contributed by atoms with Crippen LogP contribution in [0.25, 0.3) is 10.9 Å². The Hall–Kier alpha value is -2.38. The summed E-state index contributed by atoms with van der Waals surface area (Å²) in [6.45, 7) is 2.29. The third-order valence-corrected chi connectivity index (χ3v) is 6.83. The molecule has 0 unspecified atom stereocenters. The summed E-state index contributed by atoms with van der Waals surface area (Å²) in [7, 11) is 2.08. The number of nitrogens with zero attached hydrogens (tertiary/aromatic N) is 2. The summed E-state index contributed by atoms with van der Waals surface area (Å²) in [5.41, 5.74) is 2.53. The van der Waals surface area contributed by atoms with Crippen LogP contribution in [-0.4, -0.2) is 58.5 Å². The second kappa shape index (κ2) is 8.04. The smallest absolute Gasteiger partial charge is 0.237 e. The minimum Gasteiger partial charge on any atom is -0.353 e. The molecule has 2 aromatic rings. The lowest BCUT2D eigenvalue weighted by Crippen LogP contribution is -2.58. The van der Waals surface area contributed by atoms with Gasteiger partial charge in [-0.15, -0.1) is 0 Å². The molecule has 2 amide bonds. The second-order valence-electron chi connectivity index (χ2n) is 9.09. The van der Waals surface area contributed by atoms with Crippen molar-refractivity contribution in [2.45, 2.75) is 62.8 Å². The van der Waals surface area contributed by atoms with Crippen LogP contribution in [0.3, 0.4) is 0 Å². The van der Waals surface area contributed by atoms with Gasteiger partial charge in [-0.3, -0.25) is 14.5 Å². The van der Waals surface area contributed by atoms with Crippen LogP contribution < -0.4 is 16.0 Å². The minimum atomic E-state index is -0.0831. The Labute approximate surface area is 177 Å². The molecule has 3 aliphatic rings. The number of piperazine rings is 1. The third kappa shape index (κ3) is 3.96. The Balaban J connectivity index is 1.19. The fourth-order valence-corrected chi connectivity index (χ4v) is 5.04. The number of hydrogen-bond donors (Lipinski definition) is 3. The van der Waals surface area contributed by atoms with E-state index in [-0.39, 0.29) is 29.9 Å². The van der Waals surface area contributed by atoms with Crippen molar-refractivity contribution in [1.29, 1.82) is 0 Å². The van der Waals surface area contributed by atoms with Gasteiger partial charge in [0.25, 0.3) is 0 Å². The minimum absolute atomic E-state index is 0.0831. The summed E-state index contributed by atoms with van der Waals surface area (Å²) in [4.78, 5) is 26.9. The lowest BCUT2D eigenvalue weighted by molar-refractivity contribution is -0.129. The van der Waals surface area contributed by atoms with E-state index >= 15 is 0 Å². The standard InChI is InChI=1S/C23H31N5O2/c1-27-13-15(19-4-2-3-5-20(19)27)11-24-17-10-21-23(30)25-12-18(28(21)14-17)8-9-22(29)26-16-6-7-16/h2-5,13,16-18,21,24H,6-12,14H2,1H3,(H,25,30)(H,26,29)/t17-,18-,21-/m1/s1. The molecule has 1 saturated carbocycles. The fraction of sp³-hybridized carbons (Fsp3) is 0.565. The number of rotatable bonds is 7. The molecule has 1 aliphatic carbocycles. The highest BCUT2D eigenvalue weighted by molar-refractivity contribution is 5.84. The number of carbonyl (C=O) groups excluding carboxylic acids is 2. The molecule has 7 heteroatoms. The molecule has 1 aromatic heterocycles.